The minimum absolute atomic E-state index is 0.0337. The van der Waals surface area contributed by atoms with Crippen molar-refractivity contribution in [3.63, 3.8) is 0 Å². The van der Waals surface area contributed by atoms with Crippen LogP contribution in [0.3, 0.4) is 0 Å². The topological polar surface area (TPSA) is 38.5 Å². The Morgan fingerprint density at radius 2 is 2.07 bits per heavy atom. The van der Waals surface area contributed by atoms with Crippen molar-refractivity contribution in [2.75, 3.05) is 26.3 Å². The fraction of sp³-hybridized carbons (Fsp3) is 1.00. The summed E-state index contributed by atoms with van der Waals surface area (Å²) in [6.07, 6.45) is 2.66. The molecular weight excluding hydrogens is 176 g/mol. The summed E-state index contributed by atoms with van der Waals surface area (Å²) in [4.78, 5) is 2.50. The summed E-state index contributed by atoms with van der Waals surface area (Å²) in [5, 5.41) is 0. The second kappa shape index (κ2) is 5.10. The van der Waals surface area contributed by atoms with Crippen molar-refractivity contribution in [3.05, 3.63) is 0 Å². The van der Waals surface area contributed by atoms with E-state index in [1.165, 1.54) is 12.8 Å². The molecule has 0 heterocycles. The van der Waals surface area contributed by atoms with Crippen molar-refractivity contribution >= 4 is 0 Å². The van der Waals surface area contributed by atoms with Crippen LogP contribution in [0.4, 0.5) is 0 Å². The summed E-state index contributed by atoms with van der Waals surface area (Å²) < 4.78 is 5.53. The molecule has 14 heavy (non-hydrogen) atoms. The van der Waals surface area contributed by atoms with Crippen molar-refractivity contribution in [1.29, 1.82) is 0 Å². The summed E-state index contributed by atoms with van der Waals surface area (Å²) in [6, 6.07) is 0.758. The Balaban J connectivity index is 2.54. The van der Waals surface area contributed by atoms with Crippen molar-refractivity contribution in [3.8, 4) is 0 Å². The van der Waals surface area contributed by atoms with Gasteiger partial charge in [0, 0.05) is 19.2 Å². The average molecular weight is 200 g/mol. The first-order valence-corrected chi connectivity index (χ1v) is 5.72. The third-order valence-corrected chi connectivity index (χ3v) is 3.08. The van der Waals surface area contributed by atoms with E-state index in [9.17, 15) is 0 Å². The lowest BCUT2D eigenvalue weighted by atomic mass is 10.0. The first-order chi connectivity index (χ1) is 6.68. The van der Waals surface area contributed by atoms with E-state index in [-0.39, 0.29) is 5.54 Å². The molecule has 0 aromatic carbocycles. The van der Waals surface area contributed by atoms with Gasteiger partial charge in [0.1, 0.15) is 0 Å². The molecule has 1 aliphatic carbocycles. The average Bonchev–Trinajstić information content (AvgIpc) is 3.00. The smallest absolute Gasteiger partial charge is 0.0660 e. The molecule has 0 radical (unpaired) electrons. The third kappa shape index (κ3) is 2.69. The molecule has 0 spiro atoms. The Bertz CT molecular complexity index is 171. The van der Waals surface area contributed by atoms with E-state index in [1.54, 1.807) is 0 Å². The van der Waals surface area contributed by atoms with Gasteiger partial charge >= 0.3 is 0 Å². The molecule has 0 amide bonds. The molecule has 84 valence electrons. The number of hydrogen-bond donors (Lipinski definition) is 1. The number of ether oxygens (including phenoxy) is 1. The van der Waals surface area contributed by atoms with E-state index < -0.39 is 0 Å². The molecule has 0 aromatic rings. The minimum atomic E-state index is 0.0337. The van der Waals surface area contributed by atoms with Gasteiger partial charge < -0.3 is 10.5 Å². The molecule has 1 aliphatic rings. The highest BCUT2D eigenvalue weighted by Crippen LogP contribution is 2.32. The molecule has 1 saturated carbocycles. The second-order valence-corrected chi connectivity index (χ2v) is 4.36. The Morgan fingerprint density at radius 1 is 1.43 bits per heavy atom. The number of rotatable bonds is 7. The van der Waals surface area contributed by atoms with Crippen LogP contribution in [-0.4, -0.2) is 42.8 Å². The molecule has 0 saturated heterocycles. The van der Waals surface area contributed by atoms with Crippen LogP contribution in [0.15, 0.2) is 0 Å². The van der Waals surface area contributed by atoms with Gasteiger partial charge in [-0.05, 0) is 33.2 Å². The largest absolute Gasteiger partial charge is 0.380 e. The van der Waals surface area contributed by atoms with Gasteiger partial charge in [-0.15, -0.1) is 0 Å². The van der Waals surface area contributed by atoms with Gasteiger partial charge in [-0.25, -0.2) is 0 Å². The zero-order valence-corrected chi connectivity index (χ0v) is 9.75. The van der Waals surface area contributed by atoms with Crippen LogP contribution < -0.4 is 5.73 Å². The van der Waals surface area contributed by atoms with Crippen LogP contribution in [0.2, 0.25) is 0 Å². The first-order valence-electron chi connectivity index (χ1n) is 5.72. The molecule has 1 unspecified atom stereocenters. The Morgan fingerprint density at radius 3 is 2.43 bits per heavy atom. The highest BCUT2D eigenvalue weighted by atomic mass is 16.5. The molecule has 3 heteroatoms. The predicted octanol–water partition coefficient (Wildman–Crippen LogP) is 1.22. The molecule has 1 rings (SSSR count). The van der Waals surface area contributed by atoms with Crippen LogP contribution in [0.1, 0.15) is 33.6 Å². The zero-order valence-electron chi connectivity index (χ0n) is 9.75. The van der Waals surface area contributed by atoms with E-state index in [2.05, 4.69) is 18.7 Å². The summed E-state index contributed by atoms with van der Waals surface area (Å²) >= 11 is 0. The fourth-order valence-corrected chi connectivity index (χ4v) is 2.05. The van der Waals surface area contributed by atoms with Crippen molar-refractivity contribution in [2.24, 2.45) is 5.73 Å². The van der Waals surface area contributed by atoms with Crippen LogP contribution in [0.5, 0.6) is 0 Å². The van der Waals surface area contributed by atoms with Gasteiger partial charge in [0.2, 0.25) is 0 Å². The van der Waals surface area contributed by atoms with Gasteiger partial charge in [-0.1, -0.05) is 6.92 Å². The van der Waals surface area contributed by atoms with E-state index in [0.717, 1.165) is 25.8 Å². The molecule has 0 bridgehead atoms. The number of nitrogens with zero attached hydrogens (tertiary/aromatic N) is 1. The van der Waals surface area contributed by atoms with Gasteiger partial charge in [-0.3, -0.25) is 4.90 Å². The van der Waals surface area contributed by atoms with Crippen LogP contribution in [0.25, 0.3) is 0 Å². The monoisotopic (exact) mass is 200 g/mol. The number of hydrogen-bond acceptors (Lipinski definition) is 3. The quantitative estimate of drug-likeness (QED) is 0.671. The standard InChI is InChI=1S/C11H24N2O/c1-4-13(10-6-7-10)11(3,8-12)9-14-5-2/h10H,4-9,12H2,1-3H3. The maximum absolute atomic E-state index is 5.87. The van der Waals surface area contributed by atoms with Gasteiger partial charge in [0.15, 0.2) is 0 Å². The van der Waals surface area contributed by atoms with Crippen molar-refractivity contribution in [1.82, 2.24) is 4.90 Å². The Kier molecular flexibility index (Phi) is 4.35. The normalized spacial score (nSPS) is 21.2. The van der Waals surface area contributed by atoms with E-state index >= 15 is 0 Å². The second-order valence-electron chi connectivity index (χ2n) is 4.36. The Labute approximate surface area is 87.6 Å². The lowest BCUT2D eigenvalue weighted by Crippen LogP contribution is -2.55. The van der Waals surface area contributed by atoms with E-state index in [0.29, 0.717) is 6.54 Å². The lowest BCUT2D eigenvalue weighted by Gasteiger charge is -2.40. The third-order valence-electron chi connectivity index (χ3n) is 3.08. The van der Waals surface area contributed by atoms with E-state index in [1.807, 2.05) is 6.92 Å². The molecule has 0 aromatic heterocycles. The predicted molar refractivity (Wildman–Crippen MR) is 59.4 cm³/mol. The summed E-state index contributed by atoms with van der Waals surface area (Å²) in [5.74, 6) is 0. The highest BCUT2D eigenvalue weighted by Gasteiger charge is 2.39. The zero-order chi connectivity index (χ0) is 10.6. The van der Waals surface area contributed by atoms with Crippen LogP contribution in [0, 0.1) is 0 Å². The highest BCUT2D eigenvalue weighted by molar-refractivity contribution is 4.96. The Hall–Kier alpha value is -0.120. The van der Waals surface area contributed by atoms with Crippen LogP contribution in [-0.2, 0) is 4.74 Å². The minimum Gasteiger partial charge on any atom is -0.380 e. The summed E-state index contributed by atoms with van der Waals surface area (Å²) in [5.41, 5.74) is 5.90. The molecule has 1 fully saturated rings. The maximum atomic E-state index is 5.87. The fourth-order valence-electron chi connectivity index (χ4n) is 2.05. The maximum Gasteiger partial charge on any atom is 0.0660 e. The van der Waals surface area contributed by atoms with Crippen LogP contribution >= 0.6 is 0 Å². The SMILES string of the molecule is CCOCC(C)(CN)N(CC)C1CC1. The van der Waals surface area contributed by atoms with E-state index in [4.69, 9.17) is 10.5 Å². The van der Waals surface area contributed by atoms with Crippen molar-refractivity contribution < 1.29 is 4.74 Å². The summed E-state index contributed by atoms with van der Waals surface area (Å²) in [7, 11) is 0. The first kappa shape index (κ1) is 12.0. The van der Waals surface area contributed by atoms with Gasteiger partial charge in [0.05, 0.1) is 12.1 Å². The van der Waals surface area contributed by atoms with Gasteiger partial charge in [0.25, 0.3) is 0 Å². The number of likely N-dealkylation sites (N-methyl/N-ethyl adjacent to an activating group) is 1. The molecule has 3 nitrogen and oxygen atoms in total. The molecule has 2 N–H and O–H groups in total. The lowest BCUT2D eigenvalue weighted by molar-refractivity contribution is 0.00821. The van der Waals surface area contributed by atoms with Gasteiger partial charge in [-0.2, -0.15) is 0 Å². The molecule has 0 aliphatic heterocycles. The number of nitrogens with two attached hydrogens (primary N) is 1. The summed E-state index contributed by atoms with van der Waals surface area (Å²) in [6.45, 7) is 9.73. The molecular formula is C11H24N2O. The van der Waals surface area contributed by atoms with Crippen molar-refractivity contribution in [2.45, 2.75) is 45.2 Å². The molecule has 1 atom stereocenters.